The van der Waals surface area contributed by atoms with Crippen molar-refractivity contribution in [2.24, 2.45) is 35.0 Å². The predicted octanol–water partition coefficient (Wildman–Crippen LogP) is 16.0. The smallest absolute Gasteiger partial charge is 0.412 e. The molecular weight excluding hydrogens is 1040 g/mol. The van der Waals surface area contributed by atoms with E-state index in [0.29, 0.717) is 6.61 Å². The Kier molecular flexibility index (Phi) is 22.0. The molecule has 1 saturated heterocycles. The first-order chi connectivity index (χ1) is 36.9. The van der Waals surface area contributed by atoms with Crippen LogP contribution in [0, 0.1) is 35.0 Å². The first-order valence-electron chi connectivity index (χ1n) is 29.8. The SMILES string of the molecule is CO[C@@H]1C[C@H](O[Si](c2ccccc2)(c2ccccc2)C(C)(C)C)[C@@H]2C=C[C@H](/C=C(C)/C=C/[C@@H](C)[C@@H](O[Si](C)(C)C(C)(C)C)[C@H](C)[C@@H]3OC(C)(C)N(C(=O)OC(C)(C)C)[C@@H]3C)[C@](C)(/C=C/C(C)=C\C=C\C(=O)OCC[Si](C)(C)C)[C@@H]2C1. The molecule has 9 nitrogen and oxygen atoms in total. The Morgan fingerprint density at radius 2 is 1.39 bits per heavy atom. The van der Waals surface area contributed by atoms with Gasteiger partial charge in [-0.2, -0.15) is 0 Å². The quantitative estimate of drug-likeness (QED) is 0.0426. The van der Waals surface area contributed by atoms with Gasteiger partial charge in [0.2, 0.25) is 0 Å². The Bertz CT molecular complexity index is 2520. The molecule has 0 N–H and O–H groups in total. The number of allylic oxidation sites excluding steroid dienone is 9. The van der Waals surface area contributed by atoms with Crippen LogP contribution in [0.3, 0.4) is 0 Å². The highest BCUT2D eigenvalue weighted by Crippen LogP contribution is 2.55. The van der Waals surface area contributed by atoms with Crippen LogP contribution in [0.1, 0.15) is 131 Å². The summed E-state index contributed by atoms with van der Waals surface area (Å²) in [6, 6.07) is 22.7. The third-order valence-electron chi connectivity index (χ3n) is 17.8. The van der Waals surface area contributed by atoms with Crippen LogP contribution < -0.4 is 10.4 Å². The van der Waals surface area contributed by atoms with Gasteiger partial charge in [0.05, 0.1) is 37.1 Å². The fourth-order valence-electron chi connectivity index (χ4n) is 12.2. The summed E-state index contributed by atoms with van der Waals surface area (Å²) in [5, 5.41) is 2.32. The van der Waals surface area contributed by atoms with Crippen molar-refractivity contribution in [2.45, 2.75) is 221 Å². The zero-order chi connectivity index (χ0) is 60.0. The van der Waals surface area contributed by atoms with Crippen molar-refractivity contribution < 1.29 is 37.4 Å². The van der Waals surface area contributed by atoms with Crippen molar-refractivity contribution in [3.63, 3.8) is 0 Å². The van der Waals surface area contributed by atoms with Gasteiger partial charge in [-0.05, 0) is 125 Å². The molecule has 11 atom stereocenters. The number of carbonyl (C=O) groups is 2. The number of ether oxygens (including phenoxy) is 4. The monoisotopic (exact) mass is 1150 g/mol. The zero-order valence-electron chi connectivity index (χ0n) is 53.9. The number of methoxy groups -OCH3 is 1. The molecule has 1 amide bonds. The molecule has 3 aliphatic rings. The minimum Gasteiger partial charge on any atom is -0.463 e. The van der Waals surface area contributed by atoms with Crippen LogP contribution in [0.4, 0.5) is 4.79 Å². The third-order valence-corrected chi connectivity index (χ3v) is 29.0. The molecule has 0 unspecified atom stereocenters. The van der Waals surface area contributed by atoms with Gasteiger partial charge in [-0.25, -0.2) is 9.59 Å². The molecule has 2 fully saturated rings. The molecule has 1 heterocycles. The molecule has 0 bridgehead atoms. The summed E-state index contributed by atoms with van der Waals surface area (Å²) in [5.41, 5.74) is 0.324. The van der Waals surface area contributed by atoms with Crippen molar-refractivity contribution in [2.75, 3.05) is 13.7 Å². The van der Waals surface area contributed by atoms with Crippen LogP contribution in [0.15, 0.2) is 133 Å². The Hall–Kier alpha value is -3.89. The van der Waals surface area contributed by atoms with Crippen LogP contribution >= 0.6 is 0 Å². The summed E-state index contributed by atoms with van der Waals surface area (Å²) >= 11 is 0. The number of hydrogen-bond donors (Lipinski definition) is 0. The lowest BCUT2D eigenvalue weighted by molar-refractivity contribution is -0.137. The first-order valence-corrected chi connectivity index (χ1v) is 38.4. The minimum absolute atomic E-state index is 0.00757. The van der Waals surface area contributed by atoms with Gasteiger partial charge < -0.3 is 27.8 Å². The molecule has 2 aliphatic carbocycles. The van der Waals surface area contributed by atoms with E-state index in [4.69, 9.17) is 27.8 Å². The summed E-state index contributed by atoms with van der Waals surface area (Å²) in [6.45, 7) is 48.8. The van der Waals surface area contributed by atoms with Gasteiger partial charge in [0, 0.05) is 39.0 Å². The number of benzene rings is 2. The molecule has 444 valence electrons. The number of carbonyl (C=O) groups excluding carboxylic acids is 2. The van der Waals surface area contributed by atoms with E-state index >= 15 is 0 Å². The lowest BCUT2D eigenvalue weighted by atomic mass is 9.55. The van der Waals surface area contributed by atoms with Gasteiger partial charge in [0.15, 0.2) is 8.32 Å². The molecule has 0 radical (unpaired) electrons. The second-order valence-corrected chi connectivity index (χ2v) is 43.8. The van der Waals surface area contributed by atoms with Crippen LogP contribution in [0.2, 0.25) is 48.9 Å². The standard InChI is InChI=1S/C68H107NO8Si3/c1-48(31-30-36-60(70)73-43-44-78(19,20)21)41-42-68(17)53(39-40-57-58(68)46-54(72-18)47-59(57)76-80(66(12,13)14,55-32-26-24-27-33-55)56-34-28-25-29-35-56)45-49(2)37-38-50(3)61(77-79(22,23)65(9,10)11)51(4)62-52(5)69(67(15,16)74-62)63(71)75-64(6,7)8/h24-42,45,50-54,57-59,61-62H,43-44,46-47H2,1-23H3/b36-30+,38-37+,42-41+,48-31-,49-45+/t50-,51+,52-,53-,54+,57-,58-,59+,61-,62+,68+/m1/s1. The molecule has 2 aromatic rings. The highest BCUT2D eigenvalue weighted by atomic mass is 28.4. The van der Waals surface area contributed by atoms with Crippen LogP contribution in [-0.2, 0) is 32.6 Å². The van der Waals surface area contributed by atoms with Crippen molar-refractivity contribution in [1.29, 1.82) is 0 Å². The largest absolute Gasteiger partial charge is 0.463 e. The number of nitrogens with zero attached hydrogens (tertiary/aromatic N) is 1. The Morgan fingerprint density at radius 1 is 0.800 bits per heavy atom. The predicted molar refractivity (Wildman–Crippen MR) is 341 cm³/mol. The number of hydrogen-bond acceptors (Lipinski definition) is 8. The summed E-state index contributed by atoms with van der Waals surface area (Å²) in [7, 11) is -4.71. The van der Waals surface area contributed by atoms with Crippen molar-refractivity contribution in [1.82, 2.24) is 4.90 Å². The molecule has 0 spiro atoms. The number of amides is 1. The fourth-order valence-corrected chi connectivity index (χ4v) is 19.1. The second kappa shape index (κ2) is 26.4. The van der Waals surface area contributed by atoms with Crippen LogP contribution in [0.5, 0.6) is 0 Å². The van der Waals surface area contributed by atoms with E-state index in [1.807, 2.05) is 53.9 Å². The van der Waals surface area contributed by atoms with Crippen molar-refractivity contribution in [3.8, 4) is 0 Å². The molecule has 1 saturated carbocycles. The number of rotatable bonds is 20. The lowest BCUT2D eigenvalue weighted by Gasteiger charge is -2.55. The molecule has 0 aromatic heterocycles. The molecule has 2 aromatic carbocycles. The van der Waals surface area contributed by atoms with Crippen LogP contribution in [0.25, 0.3) is 0 Å². The van der Waals surface area contributed by atoms with E-state index in [1.54, 1.807) is 4.90 Å². The zero-order valence-corrected chi connectivity index (χ0v) is 56.9. The molecule has 80 heavy (non-hydrogen) atoms. The van der Waals surface area contributed by atoms with E-state index in [0.717, 1.165) is 30.0 Å². The summed E-state index contributed by atoms with van der Waals surface area (Å²) in [5.74, 6) is -0.0667. The Morgan fingerprint density at radius 3 is 1.91 bits per heavy atom. The maximum Gasteiger partial charge on any atom is 0.412 e. The van der Waals surface area contributed by atoms with E-state index < -0.39 is 36.0 Å². The first kappa shape index (κ1) is 66.9. The average Bonchev–Trinajstić information content (AvgIpc) is 3.60. The van der Waals surface area contributed by atoms with Gasteiger partial charge >= 0.3 is 12.1 Å². The minimum atomic E-state index is -2.95. The van der Waals surface area contributed by atoms with Gasteiger partial charge in [-0.1, -0.05) is 208 Å². The lowest BCUT2D eigenvalue weighted by Crippen LogP contribution is -2.69. The van der Waals surface area contributed by atoms with Crippen LogP contribution in [-0.4, -0.2) is 97.2 Å². The van der Waals surface area contributed by atoms with Crippen molar-refractivity contribution >= 4 is 47.1 Å². The summed E-state index contributed by atoms with van der Waals surface area (Å²) < 4.78 is 40.4. The van der Waals surface area contributed by atoms with Gasteiger partial charge in [0.25, 0.3) is 8.32 Å². The molecule has 1 aliphatic heterocycles. The number of esters is 1. The van der Waals surface area contributed by atoms with Gasteiger partial charge in [0.1, 0.15) is 11.3 Å². The fraction of sp³-hybridized carbons (Fsp3) is 0.618. The van der Waals surface area contributed by atoms with Gasteiger partial charge in [-0.3, -0.25) is 4.90 Å². The second-order valence-electron chi connectivity index (χ2n) is 29.1. The number of fused-ring (bicyclic) bond motifs is 1. The Balaban J connectivity index is 1.58. The average molecular weight is 1150 g/mol. The summed E-state index contributed by atoms with van der Waals surface area (Å²) in [6.07, 6.45) is 22.7. The summed E-state index contributed by atoms with van der Waals surface area (Å²) in [4.78, 5) is 28.3. The highest BCUT2D eigenvalue weighted by molar-refractivity contribution is 6.99. The van der Waals surface area contributed by atoms with E-state index in [2.05, 4.69) is 219 Å². The maximum absolute atomic E-state index is 13.8. The Labute approximate surface area is 489 Å². The van der Waals surface area contributed by atoms with E-state index in [-0.39, 0.29) is 87.6 Å². The molecule has 5 rings (SSSR count). The van der Waals surface area contributed by atoms with E-state index in [1.165, 1.54) is 16.4 Å². The van der Waals surface area contributed by atoms with E-state index in [9.17, 15) is 9.59 Å². The van der Waals surface area contributed by atoms with Gasteiger partial charge in [-0.15, -0.1) is 0 Å². The molecular formula is C68H107NO8Si3. The third kappa shape index (κ3) is 16.5. The van der Waals surface area contributed by atoms with Crippen molar-refractivity contribution in [3.05, 3.63) is 133 Å². The normalized spacial score (nSPS) is 26.7. The topological polar surface area (TPSA) is 92.8 Å². The molecule has 12 heteroatoms. The maximum atomic E-state index is 13.8. The highest BCUT2D eigenvalue weighted by Gasteiger charge is 2.57.